The van der Waals surface area contributed by atoms with Gasteiger partial charge in [-0.15, -0.1) is 11.3 Å². The van der Waals surface area contributed by atoms with Crippen LogP contribution in [-0.4, -0.2) is 10.1 Å². The minimum absolute atomic E-state index is 0.774. The van der Waals surface area contributed by atoms with Crippen molar-refractivity contribution in [2.45, 2.75) is 31.8 Å². The third-order valence-corrected chi connectivity index (χ3v) is 4.40. The minimum Gasteiger partial charge on any atom is -0.378 e. The first-order chi connectivity index (χ1) is 8.20. The van der Waals surface area contributed by atoms with Crippen molar-refractivity contribution in [2.24, 2.45) is 0 Å². The third-order valence-electron chi connectivity index (χ3n) is 3.48. The van der Waals surface area contributed by atoms with Gasteiger partial charge in [-0.3, -0.25) is 0 Å². The van der Waals surface area contributed by atoms with Crippen molar-refractivity contribution in [1.82, 2.24) is 4.98 Å². The summed E-state index contributed by atoms with van der Waals surface area (Å²) < 4.78 is 0. The minimum atomic E-state index is -0.866. The summed E-state index contributed by atoms with van der Waals surface area (Å²) >= 11 is 1.53. The molecule has 0 bridgehead atoms. The van der Waals surface area contributed by atoms with E-state index in [1.54, 1.807) is 6.20 Å². The molecule has 88 valence electrons. The Balaban J connectivity index is 2.17. The van der Waals surface area contributed by atoms with Crippen LogP contribution in [0.1, 0.15) is 34.5 Å². The zero-order valence-electron chi connectivity index (χ0n) is 9.81. The fourth-order valence-corrected chi connectivity index (χ4v) is 3.43. The maximum absolute atomic E-state index is 10.9. The van der Waals surface area contributed by atoms with Crippen LogP contribution in [0.4, 0.5) is 0 Å². The highest BCUT2D eigenvalue weighted by atomic mass is 32.1. The molecule has 17 heavy (non-hydrogen) atoms. The van der Waals surface area contributed by atoms with Crippen LogP contribution in [0.15, 0.2) is 29.8 Å². The maximum atomic E-state index is 10.9. The van der Waals surface area contributed by atoms with Crippen LogP contribution in [0.3, 0.4) is 0 Å². The van der Waals surface area contributed by atoms with E-state index in [9.17, 15) is 5.11 Å². The predicted molar refractivity (Wildman–Crippen MR) is 69.2 cm³/mol. The maximum Gasteiger partial charge on any atom is 0.141 e. The number of hydrogen-bond acceptors (Lipinski definition) is 3. The molecule has 0 radical (unpaired) electrons. The van der Waals surface area contributed by atoms with Crippen LogP contribution < -0.4 is 0 Å². The first-order valence-corrected chi connectivity index (χ1v) is 6.80. The fourth-order valence-electron chi connectivity index (χ4n) is 2.65. The van der Waals surface area contributed by atoms with Gasteiger partial charge in [0, 0.05) is 11.6 Å². The van der Waals surface area contributed by atoms with Gasteiger partial charge in [0.2, 0.25) is 0 Å². The lowest BCUT2D eigenvalue weighted by atomic mass is 9.79. The number of rotatable bonds is 1. The van der Waals surface area contributed by atoms with Crippen LogP contribution in [0, 0.1) is 6.92 Å². The van der Waals surface area contributed by atoms with Gasteiger partial charge in [-0.05, 0) is 37.3 Å². The Bertz CT molecular complexity index is 535. The van der Waals surface area contributed by atoms with E-state index < -0.39 is 5.60 Å². The molecule has 1 atom stereocenters. The highest BCUT2D eigenvalue weighted by molar-refractivity contribution is 7.09. The molecule has 0 aliphatic heterocycles. The van der Waals surface area contributed by atoms with Crippen LogP contribution in [0.5, 0.6) is 0 Å². The lowest BCUT2D eigenvalue weighted by molar-refractivity contribution is 0.0613. The van der Waals surface area contributed by atoms with Crippen molar-refractivity contribution in [3.8, 4) is 0 Å². The summed E-state index contributed by atoms with van der Waals surface area (Å²) in [7, 11) is 0. The van der Waals surface area contributed by atoms with Crippen molar-refractivity contribution >= 4 is 11.3 Å². The summed E-state index contributed by atoms with van der Waals surface area (Å²) in [5, 5.41) is 13.7. The van der Waals surface area contributed by atoms with E-state index >= 15 is 0 Å². The number of hydrogen-bond donors (Lipinski definition) is 1. The van der Waals surface area contributed by atoms with Gasteiger partial charge in [0.25, 0.3) is 0 Å². The van der Waals surface area contributed by atoms with E-state index in [0.29, 0.717) is 0 Å². The fraction of sp³-hybridized carbons (Fsp3) is 0.357. The first kappa shape index (κ1) is 10.9. The Morgan fingerprint density at radius 3 is 3.06 bits per heavy atom. The Morgan fingerprint density at radius 1 is 1.41 bits per heavy atom. The summed E-state index contributed by atoms with van der Waals surface area (Å²) in [5.74, 6) is 0. The molecule has 0 spiro atoms. The summed E-state index contributed by atoms with van der Waals surface area (Å²) in [6.45, 7) is 2.09. The van der Waals surface area contributed by atoms with Crippen molar-refractivity contribution < 1.29 is 5.11 Å². The molecule has 1 aromatic carbocycles. The van der Waals surface area contributed by atoms with E-state index in [2.05, 4.69) is 30.1 Å². The lowest BCUT2D eigenvalue weighted by Gasteiger charge is -2.33. The Morgan fingerprint density at radius 2 is 2.29 bits per heavy atom. The topological polar surface area (TPSA) is 33.1 Å². The number of benzene rings is 1. The second-order valence-electron chi connectivity index (χ2n) is 4.71. The Hall–Kier alpha value is -1.19. The summed E-state index contributed by atoms with van der Waals surface area (Å²) in [4.78, 5) is 4.30. The molecule has 1 aliphatic carbocycles. The van der Waals surface area contributed by atoms with Gasteiger partial charge >= 0.3 is 0 Å². The van der Waals surface area contributed by atoms with Crippen LogP contribution in [0.25, 0.3) is 0 Å². The Labute approximate surface area is 105 Å². The van der Waals surface area contributed by atoms with Gasteiger partial charge in [-0.2, -0.15) is 0 Å². The second-order valence-corrected chi connectivity index (χ2v) is 5.61. The molecule has 2 aromatic rings. The summed E-state index contributed by atoms with van der Waals surface area (Å²) in [6, 6.07) is 6.32. The number of aromatic nitrogens is 1. The highest BCUT2D eigenvalue weighted by Gasteiger charge is 2.38. The molecular formula is C14H15NOS. The van der Waals surface area contributed by atoms with Gasteiger partial charge in [-0.1, -0.05) is 23.8 Å². The average molecular weight is 245 g/mol. The van der Waals surface area contributed by atoms with Crippen LogP contribution in [-0.2, 0) is 12.0 Å². The van der Waals surface area contributed by atoms with Gasteiger partial charge in [0.05, 0.1) is 0 Å². The van der Waals surface area contributed by atoms with Gasteiger partial charge in [-0.25, -0.2) is 4.98 Å². The number of aryl methyl sites for hydroxylation is 2. The molecule has 3 rings (SSSR count). The van der Waals surface area contributed by atoms with E-state index in [1.165, 1.54) is 22.5 Å². The molecule has 1 N–H and O–H groups in total. The molecule has 0 amide bonds. The molecule has 0 fully saturated rings. The molecule has 1 aromatic heterocycles. The SMILES string of the molecule is Cc1ccc2c(c1)CCC[C@@]2(O)c1nccs1. The largest absolute Gasteiger partial charge is 0.378 e. The second kappa shape index (κ2) is 3.93. The van der Waals surface area contributed by atoms with Crippen molar-refractivity contribution in [2.75, 3.05) is 0 Å². The Kier molecular flexibility index (Phi) is 2.53. The predicted octanol–water partition coefficient (Wildman–Crippen LogP) is 3.02. The van der Waals surface area contributed by atoms with Gasteiger partial charge in [0.15, 0.2) is 0 Å². The molecule has 2 nitrogen and oxygen atoms in total. The smallest absolute Gasteiger partial charge is 0.141 e. The lowest BCUT2D eigenvalue weighted by Crippen LogP contribution is -2.31. The van der Waals surface area contributed by atoms with Gasteiger partial charge in [0.1, 0.15) is 10.6 Å². The number of aliphatic hydroxyl groups is 1. The molecule has 1 aliphatic rings. The number of nitrogens with zero attached hydrogens (tertiary/aromatic N) is 1. The van der Waals surface area contributed by atoms with Gasteiger partial charge < -0.3 is 5.11 Å². The molecular weight excluding hydrogens is 230 g/mol. The van der Waals surface area contributed by atoms with Crippen molar-refractivity contribution in [3.05, 3.63) is 51.5 Å². The average Bonchev–Trinajstić information content (AvgIpc) is 2.82. The summed E-state index contributed by atoms with van der Waals surface area (Å²) in [6.07, 6.45) is 4.62. The highest BCUT2D eigenvalue weighted by Crippen LogP contribution is 2.41. The van der Waals surface area contributed by atoms with Crippen LogP contribution >= 0.6 is 11.3 Å². The van der Waals surface area contributed by atoms with E-state index in [0.717, 1.165) is 29.8 Å². The summed E-state index contributed by atoms with van der Waals surface area (Å²) in [5.41, 5.74) is 2.71. The number of fused-ring (bicyclic) bond motifs is 1. The molecule has 3 heteroatoms. The van der Waals surface area contributed by atoms with Crippen LogP contribution in [0.2, 0.25) is 0 Å². The molecule has 0 unspecified atom stereocenters. The molecule has 0 saturated heterocycles. The molecule has 1 heterocycles. The first-order valence-electron chi connectivity index (χ1n) is 5.92. The van der Waals surface area contributed by atoms with E-state index in [4.69, 9.17) is 0 Å². The van der Waals surface area contributed by atoms with E-state index in [-0.39, 0.29) is 0 Å². The monoisotopic (exact) mass is 245 g/mol. The molecule has 0 saturated carbocycles. The quantitative estimate of drug-likeness (QED) is 0.837. The number of thiazole rings is 1. The standard InChI is InChI=1S/C14H15NOS/c1-10-4-5-12-11(9-10)3-2-6-14(12,16)13-15-7-8-17-13/h4-5,7-9,16H,2-3,6H2,1H3/t14-/m0/s1. The zero-order valence-corrected chi connectivity index (χ0v) is 10.6. The normalized spacial score (nSPS) is 23.4. The third kappa shape index (κ3) is 1.70. The van der Waals surface area contributed by atoms with Crippen molar-refractivity contribution in [1.29, 1.82) is 0 Å². The van der Waals surface area contributed by atoms with E-state index in [1.807, 2.05) is 5.38 Å². The van der Waals surface area contributed by atoms with Crippen molar-refractivity contribution in [3.63, 3.8) is 0 Å². The zero-order chi connectivity index (χ0) is 11.9.